The normalized spacial score (nSPS) is 11.1. The molecule has 1 aromatic carbocycles. The lowest BCUT2D eigenvalue weighted by molar-refractivity contribution is -0.386. The summed E-state index contributed by atoms with van der Waals surface area (Å²) in [5.74, 6) is 1.13. The van der Waals surface area contributed by atoms with E-state index in [1.807, 2.05) is 6.92 Å². The average Bonchev–Trinajstić information content (AvgIpc) is 3.05. The van der Waals surface area contributed by atoms with E-state index in [-0.39, 0.29) is 11.4 Å². The number of aromatic nitrogens is 3. The number of nitrogens with one attached hydrogen (secondary N) is 1. The van der Waals surface area contributed by atoms with Crippen LogP contribution in [0, 0.1) is 14.9 Å². The van der Waals surface area contributed by atoms with Gasteiger partial charge in [0, 0.05) is 18.1 Å². The number of aryl methyl sites for hydroxylation is 1. The molecule has 0 aliphatic heterocycles. The Balaban J connectivity index is 2.30. The predicted molar refractivity (Wildman–Crippen MR) is 114 cm³/mol. The quantitative estimate of drug-likeness (QED) is 0.176. The van der Waals surface area contributed by atoms with Gasteiger partial charge in [0.1, 0.15) is 0 Å². The first-order valence-electron chi connectivity index (χ1n) is 9.71. The van der Waals surface area contributed by atoms with Crippen LogP contribution < -0.4 is 9.47 Å². The lowest BCUT2D eigenvalue weighted by Crippen LogP contribution is -2.04. The van der Waals surface area contributed by atoms with E-state index < -0.39 is 4.92 Å². The number of benzene rings is 1. The number of nitro benzene ring substituents is 1. The van der Waals surface area contributed by atoms with Crippen molar-refractivity contribution in [2.24, 2.45) is 5.10 Å². The van der Waals surface area contributed by atoms with Gasteiger partial charge in [0.2, 0.25) is 10.5 Å². The third kappa shape index (κ3) is 6.11. The first-order chi connectivity index (χ1) is 14.0. The first-order valence-corrected chi connectivity index (χ1v) is 10.1. The van der Waals surface area contributed by atoms with Crippen molar-refractivity contribution in [3.8, 4) is 11.5 Å². The van der Waals surface area contributed by atoms with Gasteiger partial charge in [-0.25, -0.2) is 0 Å². The molecule has 0 spiro atoms. The SMILES string of the molecule is CCCCCCOc1c(OC)cc(/C=N\n2c(CCC)n[nH]c2=S)cc1[N+](=O)[O-]. The van der Waals surface area contributed by atoms with E-state index >= 15 is 0 Å². The molecule has 1 aromatic heterocycles. The van der Waals surface area contributed by atoms with Crippen molar-refractivity contribution in [1.82, 2.24) is 14.9 Å². The number of hydrogen-bond donors (Lipinski definition) is 1. The summed E-state index contributed by atoms with van der Waals surface area (Å²) in [7, 11) is 1.45. The van der Waals surface area contributed by atoms with Crippen molar-refractivity contribution in [2.45, 2.75) is 52.4 Å². The molecule has 0 atom stereocenters. The standard InChI is InChI=1S/C19H27N5O4S/c1-4-6-7-8-10-28-18-15(24(25)26)11-14(12-16(18)27-3)13-20-23-17(9-5-2)21-22-19(23)29/h11-13H,4-10H2,1-3H3,(H,22,29)/b20-13-. The molecule has 0 unspecified atom stereocenters. The van der Waals surface area contributed by atoms with E-state index in [2.05, 4.69) is 22.2 Å². The number of H-pyrrole nitrogens is 1. The molecular formula is C19H27N5O4S. The second-order valence-corrected chi connectivity index (χ2v) is 6.88. The van der Waals surface area contributed by atoms with Gasteiger partial charge in [0.25, 0.3) is 0 Å². The van der Waals surface area contributed by atoms with Crippen LogP contribution in [0.4, 0.5) is 5.69 Å². The highest BCUT2D eigenvalue weighted by Crippen LogP contribution is 2.38. The van der Waals surface area contributed by atoms with E-state index in [9.17, 15) is 10.1 Å². The summed E-state index contributed by atoms with van der Waals surface area (Å²) < 4.78 is 12.9. The Labute approximate surface area is 174 Å². The minimum atomic E-state index is -0.479. The van der Waals surface area contributed by atoms with Crippen molar-refractivity contribution >= 4 is 24.1 Å². The summed E-state index contributed by atoms with van der Waals surface area (Å²) in [6.45, 7) is 4.55. The van der Waals surface area contributed by atoms with Crippen LogP contribution in [-0.4, -0.2) is 39.7 Å². The minimum absolute atomic E-state index is 0.137. The highest BCUT2D eigenvalue weighted by Gasteiger charge is 2.22. The van der Waals surface area contributed by atoms with Crippen LogP contribution in [0.5, 0.6) is 11.5 Å². The van der Waals surface area contributed by atoms with E-state index in [0.717, 1.165) is 32.1 Å². The van der Waals surface area contributed by atoms with Crippen molar-refractivity contribution in [1.29, 1.82) is 0 Å². The number of methoxy groups -OCH3 is 1. The van der Waals surface area contributed by atoms with Gasteiger partial charge in [-0.05, 0) is 31.1 Å². The largest absolute Gasteiger partial charge is 0.493 e. The molecule has 1 heterocycles. The summed E-state index contributed by atoms with van der Waals surface area (Å²) in [6, 6.07) is 3.07. The van der Waals surface area contributed by atoms with Gasteiger partial charge >= 0.3 is 5.69 Å². The maximum atomic E-state index is 11.6. The minimum Gasteiger partial charge on any atom is -0.493 e. The zero-order chi connectivity index (χ0) is 21.2. The molecule has 0 saturated carbocycles. The number of nitro groups is 1. The molecule has 9 nitrogen and oxygen atoms in total. The Bertz CT molecular complexity index is 906. The first kappa shape index (κ1) is 22.5. The van der Waals surface area contributed by atoms with Crippen molar-refractivity contribution < 1.29 is 14.4 Å². The van der Waals surface area contributed by atoms with Crippen LogP contribution in [0.3, 0.4) is 0 Å². The number of unbranched alkanes of at least 4 members (excludes halogenated alkanes) is 3. The molecule has 0 fully saturated rings. The third-order valence-electron chi connectivity index (χ3n) is 4.23. The van der Waals surface area contributed by atoms with E-state index in [1.54, 1.807) is 6.07 Å². The summed E-state index contributed by atoms with van der Waals surface area (Å²) in [4.78, 5) is 11.1. The lowest BCUT2D eigenvalue weighted by Gasteiger charge is -2.12. The fourth-order valence-corrected chi connectivity index (χ4v) is 2.97. The van der Waals surface area contributed by atoms with Crippen molar-refractivity contribution in [2.75, 3.05) is 13.7 Å². The maximum absolute atomic E-state index is 11.6. The number of nitrogens with zero attached hydrogens (tertiary/aromatic N) is 4. The molecular weight excluding hydrogens is 394 g/mol. The highest BCUT2D eigenvalue weighted by atomic mass is 32.1. The van der Waals surface area contributed by atoms with Crippen molar-refractivity contribution in [3.63, 3.8) is 0 Å². The number of rotatable bonds is 12. The lowest BCUT2D eigenvalue weighted by atomic mass is 10.1. The van der Waals surface area contributed by atoms with Gasteiger partial charge in [-0.2, -0.15) is 14.9 Å². The molecule has 1 N–H and O–H groups in total. The van der Waals surface area contributed by atoms with Crippen LogP contribution in [0.15, 0.2) is 17.2 Å². The Morgan fingerprint density at radius 3 is 2.76 bits per heavy atom. The van der Waals surface area contributed by atoms with E-state index in [0.29, 0.717) is 34.9 Å². The van der Waals surface area contributed by atoms with Gasteiger partial charge in [0.05, 0.1) is 24.9 Å². The molecule has 0 saturated heterocycles. The zero-order valence-electron chi connectivity index (χ0n) is 17.0. The Morgan fingerprint density at radius 2 is 2.10 bits per heavy atom. The van der Waals surface area contributed by atoms with Gasteiger partial charge < -0.3 is 9.47 Å². The van der Waals surface area contributed by atoms with E-state index in [1.165, 1.54) is 24.1 Å². The Kier molecular flexibility index (Phi) is 8.78. The summed E-state index contributed by atoms with van der Waals surface area (Å²) >= 11 is 5.20. The fraction of sp³-hybridized carbons (Fsp3) is 0.526. The van der Waals surface area contributed by atoms with Crippen molar-refractivity contribution in [3.05, 3.63) is 38.4 Å². The van der Waals surface area contributed by atoms with Crippen LogP contribution >= 0.6 is 12.2 Å². The summed E-state index contributed by atoms with van der Waals surface area (Å²) in [5, 5.41) is 22.8. The van der Waals surface area contributed by atoms with Gasteiger partial charge in [-0.1, -0.05) is 33.1 Å². The van der Waals surface area contributed by atoms with Crippen LogP contribution in [-0.2, 0) is 6.42 Å². The van der Waals surface area contributed by atoms with Gasteiger partial charge in [0.15, 0.2) is 11.6 Å². The Hall–Kier alpha value is -2.75. The Morgan fingerprint density at radius 1 is 1.31 bits per heavy atom. The summed E-state index contributed by atoms with van der Waals surface area (Å²) in [5.41, 5.74) is 0.336. The highest BCUT2D eigenvalue weighted by molar-refractivity contribution is 7.71. The van der Waals surface area contributed by atoms with E-state index in [4.69, 9.17) is 21.7 Å². The monoisotopic (exact) mass is 421 g/mol. The summed E-state index contributed by atoms with van der Waals surface area (Å²) in [6.07, 6.45) is 7.15. The molecule has 0 bridgehead atoms. The molecule has 0 amide bonds. The predicted octanol–water partition coefficient (Wildman–Crippen LogP) is 4.65. The maximum Gasteiger partial charge on any atom is 0.315 e. The van der Waals surface area contributed by atoms with Crippen LogP contribution in [0.2, 0.25) is 0 Å². The smallest absolute Gasteiger partial charge is 0.315 e. The molecule has 2 aromatic rings. The van der Waals surface area contributed by atoms with Crippen LogP contribution in [0.1, 0.15) is 57.3 Å². The van der Waals surface area contributed by atoms with Gasteiger partial charge in [-0.15, -0.1) is 0 Å². The van der Waals surface area contributed by atoms with Crippen LogP contribution in [0.25, 0.3) is 0 Å². The molecule has 0 aliphatic carbocycles. The second kappa shape index (κ2) is 11.3. The third-order valence-corrected chi connectivity index (χ3v) is 4.50. The number of ether oxygens (including phenoxy) is 2. The topological polar surface area (TPSA) is 108 Å². The number of aromatic amines is 1. The second-order valence-electron chi connectivity index (χ2n) is 6.49. The number of hydrogen-bond acceptors (Lipinski definition) is 7. The molecule has 2 rings (SSSR count). The van der Waals surface area contributed by atoms with Gasteiger partial charge in [-0.3, -0.25) is 15.2 Å². The molecule has 29 heavy (non-hydrogen) atoms. The molecule has 158 valence electrons. The fourth-order valence-electron chi connectivity index (χ4n) is 2.77. The molecule has 0 radical (unpaired) electrons. The molecule has 0 aliphatic rings. The zero-order valence-corrected chi connectivity index (χ0v) is 17.8. The molecule has 10 heteroatoms. The average molecular weight is 422 g/mol.